The average molecular weight is 234 g/mol. The van der Waals surface area contributed by atoms with Crippen LogP contribution < -0.4 is 10.6 Å². The second-order valence-corrected chi connectivity index (χ2v) is 4.39. The fourth-order valence-electron chi connectivity index (χ4n) is 2.28. The molecule has 0 unspecified atom stereocenters. The summed E-state index contributed by atoms with van der Waals surface area (Å²) in [6.07, 6.45) is 7.51. The third-order valence-electron chi connectivity index (χ3n) is 3.12. The van der Waals surface area contributed by atoms with E-state index in [1.54, 1.807) is 6.07 Å². The van der Waals surface area contributed by atoms with Crippen molar-refractivity contribution in [2.24, 2.45) is 5.73 Å². The summed E-state index contributed by atoms with van der Waals surface area (Å²) in [5.74, 6) is -0.192. The van der Waals surface area contributed by atoms with Crippen LogP contribution in [-0.4, -0.2) is 19.6 Å². The van der Waals surface area contributed by atoms with Crippen molar-refractivity contribution in [1.82, 2.24) is 0 Å². The van der Waals surface area contributed by atoms with E-state index in [2.05, 4.69) is 4.90 Å². The highest BCUT2D eigenvalue weighted by molar-refractivity contribution is 5.68. The van der Waals surface area contributed by atoms with Gasteiger partial charge in [-0.05, 0) is 37.5 Å². The first-order chi connectivity index (χ1) is 8.31. The second-order valence-electron chi connectivity index (χ2n) is 4.39. The second kappa shape index (κ2) is 5.82. The van der Waals surface area contributed by atoms with E-state index in [0.29, 0.717) is 6.54 Å². The van der Waals surface area contributed by atoms with E-state index in [-0.39, 0.29) is 5.82 Å². The van der Waals surface area contributed by atoms with Crippen LogP contribution in [0, 0.1) is 5.82 Å². The number of halogens is 1. The summed E-state index contributed by atoms with van der Waals surface area (Å²) in [6, 6.07) is 4.98. The lowest BCUT2D eigenvalue weighted by molar-refractivity contribution is 0.576. The number of benzene rings is 1. The predicted molar refractivity (Wildman–Crippen MR) is 70.6 cm³/mol. The molecule has 1 aliphatic rings. The zero-order valence-electron chi connectivity index (χ0n) is 10.0. The number of nitrogens with zero attached hydrogens (tertiary/aromatic N) is 1. The summed E-state index contributed by atoms with van der Waals surface area (Å²) in [4.78, 5) is 2.33. The van der Waals surface area contributed by atoms with Crippen molar-refractivity contribution in [1.29, 1.82) is 0 Å². The average Bonchev–Trinajstić information content (AvgIpc) is 2.37. The maximum atomic E-state index is 13.3. The molecule has 0 atom stereocenters. The lowest BCUT2D eigenvalue weighted by atomic mass is 10.1. The minimum Gasteiger partial charge on any atom is -0.371 e. The molecular weight excluding hydrogens is 215 g/mol. The number of piperidine rings is 1. The van der Waals surface area contributed by atoms with Crippen LogP contribution in [0.25, 0.3) is 6.08 Å². The maximum Gasteiger partial charge on any atom is 0.123 e. The standard InChI is InChI=1S/C14H19FN2/c15-13-6-7-14(12(11-13)5-4-8-16)17-9-2-1-3-10-17/h4-7,11H,1-3,8-10,16H2/b5-4+. The Labute approximate surface area is 102 Å². The molecule has 0 spiro atoms. The Kier molecular flexibility index (Phi) is 4.15. The summed E-state index contributed by atoms with van der Waals surface area (Å²) >= 11 is 0. The van der Waals surface area contributed by atoms with Gasteiger partial charge in [0.15, 0.2) is 0 Å². The smallest absolute Gasteiger partial charge is 0.123 e. The fraction of sp³-hybridized carbons (Fsp3) is 0.429. The summed E-state index contributed by atoms with van der Waals surface area (Å²) in [5.41, 5.74) is 7.50. The lowest BCUT2D eigenvalue weighted by Crippen LogP contribution is -2.29. The van der Waals surface area contributed by atoms with Gasteiger partial charge in [-0.15, -0.1) is 0 Å². The summed E-state index contributed by atoms with van der Waals surface area (Å²) < 4.78 is 13.3. The van der Waals surface area contributed by atoms with Crippen molar-refractivity contribution in [2.45, 2.75) is 19.3 Å². The molecule has 1 aliphatic heterocycles. The van der Waals surface area contributed by atoms with Crippen LogP contribution in [0.2, 0.25) is 0 Å². The van der Waals surface area contributed by atoms with Crippen LogP contribution in [0.4, 0.5) is 10.1 Å². The molecule has 2 N–H and O–H groups in total. The third-order valence-corrected chi connectivity index (χ3v) is 3.12. The Bertz CT molecular complexity index is 395. The Morgan fingerprint density at radius 1 is 1.24 bits per heavy atom. The van der Waals surface area contributed by atoms with Gasteiger partial charge in [0.2, 0.25) is 0 Å². The van der Waals surface area contributed by atoms with Crippen molar-refractivity contribution in [3.8, 4) is 0 Å². The third kappa shape index (κ3) is 3.07. The molecule has 2 nitrogen and oxygen atoms in total. The van der Waals surface area contributed by atoms with E-state index < -0.39 is 0 Å². The van der Waals surface area contributed by atoms with Gasteiger partial charge in [0.05, 0.1) is 0 Å². The van der Waals surface area contributed by atoms with Gasteiger partial charge in [-0.1, -0.05) is 12.2 Å². The van der Waals surface area contributed by atoms with E-state index in [4.69, 9.17) is 5.73 Å². The van der Waals surface area contributed by atoms with Crippen LogP contribution in [-0.2, 0) is 0 Å². The maximum absolute atomic E-state index is 13.3. The molecule has 1 aromatic carbocycles. The first-order valence-corrected chi connectivity index (χ1v) is 6.22. The van der Waals surface area contributed by atoms with Gasteiger partial charge in [0, 0.05) is 30.9 Å². The van der Waals surface area contributed by atoms with E-state index in [9.17, 15) is 4.39 Å². The Hall–Kier alpha value is -1.35. The normalized spacial score (nSPS) is 16.7. The van der Waals surface area contributed by atoms with Crippen LogP contribution in [0.1, 0.15) is 24.8 Å². The van der Waals surface area contributed by atoms with Crippen molar-refractivity contribution < 1.29 is 4.39 Å². The van der Waals surface area contributed by atoms with Gasteiger partial charge >= 0.3 is 0 Å². The molecule has 92 valence electrons. The highest BCUT2D eigenvalue weighted by Crippen LogP contribution is 2.26. The molecule has 1 heterocycles. The monoisotopic (exact) mass is 234 g/mol. The molecule has 1 saturated heterocycles. The first-order valence-electron chi connectivity index (χ1n) is 6.22. The van der Waals surface area contributed by atoms with E-state index >= 15 is 0 Å². The van der Waals surface area contributed by atoms with E-state index in [0.717, 1.165) is 24.3 Å². The number of hydrogen-bond donors (Lipinski definition) is 1. The molecule has 17 heavy (non-hydrogen) atoms. The highest BCUT2D eigenvalue weighted by atomic mass is 19.1. The molecule has 1 fully saturated rings. The van der Waals surface area contributed by atoms with Crippen molar-refractivity contribution >= 4 is 11.8 Å². The van der Waals surface area contributed by atoms with E-state index in [1.165, 1.54) is 25.3 Å². The first kappa shape index (κ1) is 12.1. The molecule has 0 radical (unpaired) electrons. The zero-order chi connectivity index (χ0) is 12.1. The van der Waals surface area contributed by atoms with E-state index in [1.807, 2.05) is 18.2 Å². The minimum atomic E-state index is -0.192. The fourth-order valence-corrected chi connectivity index (χ4v) is 2.28. The van der Waals surface area contributed by atoms with Crippen LogP contribution >= 0.6 is 0 Å². The van der Waals surface area contributed by atoms with Crippen molar-refractivity contribution in [2.75, 3.05) is 24.5 Å². The van der Waals surface area contributed by atoms with Crippen LogP contribution in [0.15, 0.2) is 24.3 Å². The summed E-state index contributed by atoms with van der Waals surface area (Å²) in [5, 5.41) is 0. The SMILES string of the molecule is NC/C=C/c1cc(F)ccc1N1CCCCC1. The van der Waals surface area contributed by atoms with Gasteiger partial charge in [0.25, 0.3) is 0 Å². The van der Waals surface area contributed by atoms with Gasteiger partial charge < -0.3 is 10.6 Å². The summed E-state index contributed by atoms with van der Waals surface area (Å²) in [7, 11) is 0. The Morgan fingerprint density at radius 2 is 2.00 bits per heavy atom. The lowest BCUT2D eigenvalue weighted by Gasteiger charge is -2.30. The van der Waals surface area contributed by atoms with Crippen molar-refractivity contribution in [3.05, 3.63) is 35.7 Å². The number of nitrogens with two attached hydrogens (primary N) is 1. The highest BCUT2D eigenvalue weighted by Gasteiger charge is 2.13. The molecule has 0 aromatic heterocycles. The molecule has 0 saturated carbocycles. The van der Waals surface area contributed by atoms with Gasteiger partial charge in [-0.3, -0.25) is 0 Å². The molecule has 0 amide bonds. The Morgan fingerprint density at radius 3 is 2.71 bits per heavy atom. The van der Waals surface area contributed by atoms with Gasteiger partial charge in [0.1, 0.15) is 5.82 Å². The van der Waals surface area contributed by atoms with Gasteiger partial charge in [-0.25, -0.2) is 4.39 Å². The number of rotatable bonds is 3. The Balaban J connectivity index is 2.27. The van der Waals surface area contributed by atoms with Crippen molar-refractivity contribution in [3.63, 3.8) is 0 Å². The molecule has 1 aromatic rings. The van der Waals surface area contributed by atoms with Crippen LogP contribution in [0.5, 0.6) is 0 Å². The molecule has 2 rings (SSSR count). The topological polar surface area (TPSA) is 29.3 Å². The molecule has 0 aliphatic carbocycles. The molecule has 3 heteroatoms. The molecule has 0 bridgehead atoms. The van der Waals surface area contributed by atoms with Crippen LogP contribution in [0.3, 0.4) is 0 Å². The minimum absolute atomic E-state index is 0.192. The number of anilines is 1. The largest absolute Gasteiger partial charge is 0.371 e. The predicted octanol–water partition coefficient (Wildman–Crippen LogP) is 2.79. The van der Waals surface area contributed by atoms with Gasteiger partial charge in [-0.2, -0.15) is 0 Å². The molecular formula is C14H19FN2. The number of hydrogen-bond acceptors (Lipinski definition) is 2. The zero-order valence-corrected chi connectivity index (χ0v) is 10.0. The quantitative estimate of drug-likeness (QED) is 0.871. The summed E-state index contributed by atoms with van der Waals surface area (Å²) in [6.45, 7) is 2.61.